The van der Waals surface area contributed by atoms with Gasteiger partial charge in [0.15, 0.2) is 5.82 Å². The lowest BCUT2D eigenvalue weighted by molar-refractivity contribution is -0.153. The molecule has 0 spiro atoms. The summed E-state index contributed by atoms with van der Waals surface area (Å²) in [5, 5.41) is 7.14. The fourth-order valence-corrected chi connectivity index (χ4v) is 1.27. The first-order valence-electron chi connectivity index (χ1n) is 5.64. The number of hydrogen-bond donors (Lipinski definition) is 1. The summed E-state index contributed by atoms with van der Waals surface area (Å²) in [6, 6.07) is 0. The van der Waals surface area contributed by atoms with Crippen LogP contribution < -0.4 is 5.32 Å². The van der Waals surface area contributed by atoms with E-state index in [1.165, 1.54) is 0 Å². The molecule has 96 valence electrons. The molecule has 0 saturated carbocycles. The zero-order valence-electron chi connectivity index (χ0n) is 10.9. The molecule has 0 aliphatic heterocycles. The highest BCUT2D eigenvalue weighted by molar-refractivity contribution is 5.72. The van der Waals surface area contributed by atoms with Crippen LogP contribution in [0.1, 0.15) is 26.6 Å². The van der Waals surface area contributed by atoms with Gasteiger partial charge in [-0.05, 0) is 20.8 Å². The molecule has 0 atom stereocenters. The molecule has 0 aromatic carbocycles. The zero-order chi connectivity index (χ0) is 12.9. The molecule has 6 nitrogen and oxygen atoms in total. The van der Waals surface area contributed by atoms with Crippen molar-refractivity contribution in [2.45, 2.75) is 32.8 Å². The Labute approximate surface area is 101 Å². The Morgan fingerprint density at radius 2 is 2.24 bits per heavy atom. The molecule has 0 unspecified atom stereocenters. The Morgan fingerprint density at radius 3 is 2.76 bits per heavy atom. The Bertz CT molecular complexity index is 368. The molecule has 0 fully saturated rings. The minimum absolute atomic E-state index is 0.212. The second kappa shape index (κ2) is 5.77. The van der Waals surface area contributed by atoms with Gasteiger partial charge < -0.3 is 10.1 Å². The van der Waals surface area contributed by atoms with Gasteiger partial charge >= 0.3 is 5.97 Å². The highest BCUT2D eigenvalue weighted by atomic mass is 16.6. The average molecular weight is 240 g/mol. The number of aromatic nitrogens is 3. The SMILES string of the molecule is Cn1cnc(CCNCC(=O)OC(C)(C)C)n1. The first-order valence-corrected chi connectivity index (χ1v) is 5.64. The predicted octanol–water partition coefficient (Wildman–Crippen LogP) is 0.289. The van der Waals surface area contributed by atoms with E-state index in [9.17, 15) is 4.79 Å². The van der Waals surface area contributed by atoms with Gasteiger partial charge in [-0.1, -0.05) is 0 Å². The van der Waals surface area contributed by atoms with Crippen LogP contribution >= 0.6 is 0 Å². The second-order valence-corrected chi connectivity index (χ2v) is 4.85. The van der Waals surface area contributed by atoms with Gasteiger partial charge in [0.25, 0.3) is 0 Å². The molecule has 1 aromatic rings. The lowest BCUT2D eigenvalue weighted by atomic mass is 10.2. The lowest BCUT2D eigenvalue weighted by Gasteiger charge is -2.19. The third kappa shape index (κ3) is 6.01. The van der Waals surface area contributed by atoms with Crippen LogP contribution in [0.15, 0.2) is 6.33 Å². The van der Waals surface area contributed by atoms with Gasteiger partial charge in [-0.3, -0.25) is 9.48 Å². The molecule has 0 amide bonds. The molecule has 1 heterocycles. The first kappa shape index (κ1) is 13.6. The van der Waals surface area contributed by atoms with E-state index in [-0.39, 0.29) is 12.5 Å². The number of ether oxygens (including phenoxy) is 1. The predicted molar refractivity (Wildman–Crippen MR) is 63.4 cm³/mol. The third-order valence-corrected chi connectivity index (χ3v) is 1.86. The maximum atomic E-state index is 11.4. The summed E-state index contributed by atoms with van der Waals surface area (Å²) in [5.74, 6) is 0.524. The summed E-state index contributed by atoms with van der Waals surface area (Å²) >= 11 is 0. The van der Waals surface area contributed by atoms with Crippen molar-refractivity contribution in [3.63, 3.8) is 0 Å². The maximum Gasteiger partial charge on any atom is 0.320 e. The van der Waals surface area contributed by atoms with Gasteiger partial charge in [0.1, 0.15) is 11.9 Å². The normalized spacial score (nSPS) is 11.5. The minimum atomic E-state index is -0.429. The van der Waals surface area contributed by atoms with Crippen LogP contribution in [-0.4, -0.2) is 39.4 Å². The van der Waals surface area contributed by atoms with Crippen molar-refractivity contribution >= 4 is 5.97 Å². The van der Waals surface area contributed by atoms with Crippen LogP contribution in [0.5, 0.6) is 0 Å². The van der Waals surface area contributed by atoms with E-state index in [2.05, 4.69) is 15.4 Å². The third-order valence-electron chi connectivity index (χ3n) is 1.86. The smallest absolute Gasteiger partial charge is 0.320 e. The molecule has 1 N–H and O–H groups in total. The number of nitrogens with one attached hydrogen (secondary N) is 1. The maximum absolute atomic E-state index is 11.4. The molecular formula is C11H20N4O2. The Balaban J connectivity index is 2.14. The van der Waals surface area contributed by atoms with Crippen molar-refractivity contribution in [1.29, 1.82) is 0 Å². The van der Waals surface area contributed by atoms with E-state index in [1.54, 1.807) is 11.0 Å². The minimum Gasteiger partial charge on any atom is -0.459 e. The summed E-state index contributed by atoms with van der Waals surface area (Å²) < 4.78 is 6.81. The van der Waals surface area contributed by atoms with E-state index >= 15 is 0 Å². The molecule has 17 heavy (non-hydrogen) atoms. The second-order valence-electron chi connectivity index (χ2n) is 4.85. The van der Waals surface area contributed by atoms with Crippen molar-refractivity contribution in [3.05, 3.63) is 12.2 Å². The first-order chi connectivity index (χ1) is 7.87. The van der Waals surface area contributed by atoms with Crippen molar-refractivity contribution in [2.24, 2.45) is 7.05 Å². The van der Waals surface area contributed by atoms with E-state index in [4.69, 9.17) is 4.74 Å². The monoisotopic (exact) mass is 240 g/mol. The molecular weight excluding hydrogens is 220 g/mol. The number of hydrogen-bond acceptors (Lipinski definition) is 5. The van der Waals surface area contributed by atoms with Gasteiger partial charge in [0.05, 0.1) is 6.54 Å². The number of carbonyl (C=O) groups excluding carboxylic acids is 1. The standard InChI is InChI=1S/C11H20N4O2/c1-11(2,3)17-10(16)7-12-6-5-9-13-8-15(4)14-9/h8,12H,5-7H2,1-4H3. The van der Waals surface area contributed by atoms with Crippen LogP contribution in [0.3, 0.4) is 0 Å². The lowest BCUT2D eigenvalue weighted by Crippen LogP contribution is -2.32. The number of rotatable bonds is 5. The number of aryl methyl sites for hydroxylation is 1. The topological polar surface area (TPSA) is 69.0 Å². The van der Waals surface area contributed by atoms with Gasteiger partial charge in [0, 0.05) is 20.0 Å². The molecule has 0 saturated heterocycles. The van der Waals surface area contributed by atoms with Gasteiger partial charge in [-0.15, -0.1) is 0 Å². The molecule has 0 aliphatic carbocycles. The molecule has 0 bridgehead atoms. The fourth-order valence-electron chi connectivity index (χ4n) is 1.27. The largest absolute Gasteiger partial charge is 0.459 e. The van der Waals surface area contributed by atoms with Crippen LogP contribution in [0.2, 0.25) is 0 Å². The van der Waals surface area contributed by atoms with Crippen molar-refractivity contribution in [1.82, 2.24) is 20.1 Å². The molecule has 0 aliphatic rings. The quantitative estimate of drug-likeness (QED) is 0.591. The summed E-state index contributed by atoms with van der Waals surface area (Å²) in [6.45, 7) is 6.42. The fraction of sp³-hybridized carbons (Fsp3) is 0.727. The van der Waals surface area contributed by atoms with E-state index in [0.29, 0.717) is 13.0 Å². The summed E-state index contributed by atoms with van der Waals surface area (Å²) in [5.41, 5.74) is -0.429. The summed E-state index contributed by atoms with van der Waals surface area (Å²) in [4.78, 5) is 15.4. The number of nitrogens with zero attached hydrogens (tertiary/aromatic N) is 3. The van der Waals surface area contributed by atoms with Crippen molar-refractivity contribution < 1.29 is 9.53 Å². The van der Waals surface area contributed by atoms with Gasteiger partial charge in [-0.25, -0.2) is 4.98 Å². The zero-order valence-corrected chi connectivity index (χ0v) is 10.9. The molecule has 0 radical (unpaired) electrons. The van der Waals surface area contributed by atoms with Gasteiger partial charge in [-0.2, -0.15) is 5.10 Å². The van der Waals surface area contributed by atoms with Crippen LogP contribution in [-0.2, 0) is 23.0 Å². The molecule has 1 aromatic heterocycles. The number of esters is 1. The van der Waals surface area contributed by atoms with Gasteiger partial charge in [0.2, 0.25) is 0 Å². The van der Waals surface area contributed by atoms with E-state index < -0.39 is 5.60 Å². The summed E-state index contributed by atoms with van der Waals surface area (Å²) in [6.07, 6.45) is 2.35. The van der Waals surface area contributed by atoms with Crippen molar-refractivity contribution in [2.75, 3.05) is 13.1 Å². The Kier molecular flexibility index (Phi) is 4.62. The van der Waals surface area contributed by atoms with E-state index in [1.807, 2.05) is 27.8 Å². The Morgan fingerprint density at radius 1 is 1.53 bits per heavy atom. The van der Waals surface area contributed by atoms with E-state index in [0.717, 1.165) is 5.82 Å². The molecule has 1 rings (SSSR count). The van der Waals surface area contributed by atoms with Crippen LogP contribution in [0.25, 0.3) is 0 Å². The molecule has 6 heteroatoms. The summed E-state index contributed by atoms with van der Waals surface area (Å²) in [7, 11) is 1.82. The Hall–Kier alpha value is -1.43. The average Bonchev–Trinajstić information content (AvgIpc) is 2.56. The number of carbonyl (C=O) groups is 1. The highest BCUT2D eigenvalue weighted by Gasteiger charge is 2.15. The highest BCUT2D eigenvalue weighted by Crippen LogP contribution is 2.06. The van der Waals surface area contributed by atoms with Crippen LogP contribution in [0.4, 0.5) is 0 Å². The van der Waals surface area contributed by atoms with Crippen LogP contribution in [0, 0.1) is 0 Å². The van der Waals surface area contributed by atoms with Crippen molar-refractivity contribution in [3.8, 4) is 0 Å².